The number of ether oxygens (including phenoxy) is 1. The van der Waals surface area contributed by atoms with Gasteiger partial charge in [0.05, 0.1) is 6.61 Å². The number of benzene rings is 2. The van der Waals surface area contributed by atoms with Crippen molar-refractivity contribution < 1.29 is 18.7 Å². The summed E-state index contributed by atoms with van der Waals surface area (Å²) in [7, 11) is -1.70. The van der Waals surface area contributed by atoms with E-state index in [-0.39, 0.29) is 12.2 Å². The Morgan fingerprint density at radius 2 is 1.53 bits per heavy atom. The highest BCUT2D eigenvalue weighted by Gasteiger charge is 2.17. The van der Waals surface area contributed by atoms with Crippen molar-refractivity contribution in [1.29, 1.82) is 0 Å². The summed E-state index contributed by atoms with van der Waals surface area (Å²) in [6.07, 6.45) is 7.06. The number of phenols is 1. The molecule has 0 amide bonds. The van der Waals surface area contributed by atoms with Crippen LogP contribution < -0.4 is 4.74 Å². The predicted octanol–water partition coefficient (Wildman–Crippen LogP) is 7.02. The number of hydrogen-bond acceptors (Lipinski definition) is 4. The lowest BCUT2D eigenvalue weighted by Gasteiger charge is -2.21. The van der Waals surface area contributed by atoms with Crippen LogP contribution in [-0.4, -0.2) is 33.2 Å². The van der Waals surface area contributed by atoms with Gasteiger partial charge in [0, 0.05) is 12.2 Å². The molecule has 0 bridgehead atoms. The Labute approximate surface area is 196 Å². The van der Waals surface area contributed by atoms with Crippen molar-refractivity contribution in [1.82, 2.24) is 0 Å². The molecule has 0 spiro atoms. The van der Waals surface area contributed by atoms with E-state index in [0.717, 1.165) is 54.4 Å². The van der Waals surface area contributed by atoms with Gasteiger partial charge >= 0.3 is 9.28 Å². The molecule has 1 N–H and O–H groups in total. The van der Waals surface area contributed by atoms with E-state index in [1.807, 2.05) is 24.3 Å². The van der Waals surface area contributed by atoms with Crippen LogP contribution in [0.3, 0.4) is 0 Å². The van der Waals surface area contributed by atoms with E-state index in [2.05, 4.69) is 46.8 Å². The molecule has 0 aliphatic heterocycles. The fourth-order valence-electron chi connectivity index (χ4n) is 3.75. The zero-order valence-electron chi connectivity index (χ0n) is 20.6. The Bertz CT molecular complexity index is 764. The molecule has 2 rings (SSSR count). The standard InChI is InChI=1S/C27H42O4Si/c1-6-7-8-9-18-29-26-15-12-23(13-16-26)27-17-14-25(28)20-24(27)11-10-19-32(30-21(2)3)31-22(4)5/h12-17,20-22,28,32H,6-11,18-19H2,1-5H3. The van der Waals surface area contributed by atoms with Gasteiger partial charge in [-0.25, -0.2) is 0 Å². The van der Waals surface area contributed by atoms with Gasteiger partial charge in [0.25, 0.3) is 0 Å². The average molecular weight is 459 g/mol. The second-order valence-corrected chi connectivity index (χ2v) is 10.9. The van der Waals surface area contributed by atoms with E-state index in [4.69, 9.17) is 13.6 Å². The van der Waals surface area contributed by atoms with Crippen LogP contribution in [0.4, 0.5) is 0 Å². The molecular weight excluding hydrogens is 416 g/mol. The molecule has 0 radical (unpaired) electrons. The summed E-state index contributed by atoms with van der Waals surface area (Å²) in [6, 6.07) is 14.9. The zero-order chi connectivity index (χ0) is 23.3. The van der Waals surface area contributed by atoms with Crippen LogP contribution in [-0.2, 0) is 15.3 Å². The molecule has 2 aromatic carbocycles. The molecule has 0 saturated heterocycles. The largest absolute Gasteiger partial charge is 0.508 e. The lowest BCUT2D eigenvalue weighted by molar-refractivity contribution is 0.129. The van der Waals surface area contributed by atoms with Crippen LogP contribution in [0.5, 0.6) is 11.5 Å². The van der Waals surface area contributed by atoms with Crippen LogP contribution in [0.15, 0.2) is 42.5 Å². The molecular formula is C27H42O4Si. The van der Waals surface area contributed by atoms with E-state index >= 15 is 0 Å². The van der Waals surface area contributed by atoms with E-state index in [0.29, 0.717) is 5.75 Å². The quantitative estimate of drug-likeness (QED) is 0.230. The first-order valence-electron chi connectivity index (χ1n) is 12.2. The molecule has 32 heavy (non-hydrogen) atoms. The number of rotatable bonds is 15. The number of aryl methyl sites for hydroxylation is 1. The highest BCUT2D eigenvalue weighted by Crippen LogP contribution is 2.30. The average Bonchev–Trinajstić information content (AvgIpc) is 2.73. The Kier molecular flexibility index (Phi) is 11.9. The molecule has 0 fully saturated rings. The topological polar surface area (TPSA) is 47.9 Å². The van der Waals surface area contributed by atoms with Crippen molar-refractivity contribution in [3.63, 3.8) is 0 Å². The third kappa shape index (κ3) is 9.76. The van der Waals surface area contributed by atoms with Gasteiger partial charge < -0.3 is 18.7 Å². The van der Waals surface area contributed by atoms with Gasteiger partial charge in [0.2, 0.25) is 0 Å². The first-order chi connectivity index (χ1) is 15.4. The Morgan fingerprint density at radius 1 is 0.844 bits per heavy atom. The molecule has 0 heterocycles. The van der Waals surface area contributed by atoms with E-state index in [1.54, 1.807) is 6.07 Å². The molecule has 0 atom stereocenters. The van der Waals surface area contributed by atoms with Crippen molar-refractivity contribution in [2.75, 3.05) is 6.61 Å². The Hall–Kier alpha value is -1.82. The monoisotopic (exact) mass is 458 g/mol. The molecule has 0 aliphatic rings. The predicted molar refractivity (Wildman–Crippen MR) is 136 cm³/mol. The molecule has 5 heteroatoms. The summed E-state index contributed by atoms with van der Waals surface area (Å²) in [5.41, 5.74) is 3.45. The van der Waals surface area contributed by atoms with Gasteiger partial charge in [-0.15, -0.1) is 0 Å². The smallest absolute Gasteiger partial charge is 0.321 e. The summed E-state index contributed by atoms with van der Waals surface area (Å²) in [6.45, 7) is 11.2. The fraction of sp³-hybridized carbons (Fsp3) is 0.556. The molecule has 4 nitrogen and oxygen atoms in total. The normalized spacial score (nSPS) is 11.6. The summed E-state index contributed by atoms with van der Waals surface area (Å²) in [4.78, 5) is 0. The SMILES string of the molecule is CCCCCCOc1ccc(-c2ccc(O)cc2CCC[SiH](OC(C)C)OC(C)C)cc1. The van der Waals surface area contributed by atoms with Crippen LogP contribution in [0.1, 0.15) is 72.3 Å². The van der Waals surface area contributed by atoms with E-state index in [1.165, 1.54) is 19.3 Å². The zero-order valence-corrected chi connectivity index (χ0v) is 21.8. The Morgan fingerprint density at radius 3 is 2.16 bits per heavy atom. The van der Waals surface area contributed by atoms with Gasteiger partial charge in [0.15, 0.2) is 0 Å². The third-order valence-electron chi connectivity index (χ3n) is 5.25. The lowest BCUT2D eigenvalue weighted by Crippen LogP contribution is -2.29. The first kappa shape index (κ1) is 26.4. The maximum atomic E-state index is 10.1. The molecule has 178 valence electrons. The van der Waals surface area contributed by atoms with Gasteiger partial charge in [-0.2, -0.15) is 0 Å². The minimum atomic E-state index is -1.70. The highest BCUT2D eigenvalue weighted by molar-refractivity contribution is 6.44. The van der Waals surface area contributed by atoms with Gasteiger partial charge in [-0.1, -0.05) is 44.4 Å². The molecule has 0 unspecified atom stereocenters. The van der Waals surface area contributed by atoms with Crippen LogP contribution in [0, 0.1) is 0 Å². The highest BCUT2D eigenvalue weighted by atomic mass is 28.3. The number of phenolic OH excluding ortho intramolecular Hbond substituents is 1. The maximum Gasteiger partial charge on any atom is 0.321 e. The van der Waals surface area contributed by atoms with Crippen molar-refractivity contribution >= 4 is 9.28 Å². The summed E-state index contributed by atoms with van der Waals surface area (Å²) < 4.78 is 18.0. The van der Waals surface area contributed by atoms with E-state index < -0.39 is 9.28 Å². The van der Waals surface area contributed by atoms with Crippen LogP contribution in [0.25, 0.3) is 11.1 Å². The number of aromatic hydroxyl groups is 1. The van der Waals surface area contributed by atoms with Gasteiger partial charge in [0.1, 0.15) is 11.5 Å². The molecule has 2 aromatic rings. The van der Waals surface area contributed by atoms with Crippen molar-refractivity contribution in [2.24, 2.45) is 0 Å². The minimum absolute atomic E-state index is 0.189. The van der Waals surface area contributed by atoms with Crippen molar-refractivity contribution in [3.8, 4) is 22.6 Å². The van der Waals surface area contributed by atoms with Crippen LogP contribution >= 0.6 is 0 Å². The fourth-order valence-corrected chi connectivity index (χ4v) is 5.84. The number of hydrogen-bond donors (Lipinski definition) is 1. The molecule has 0 saturated carbocycles. The van der Waals surface area contributed by atoms with Crippen molar-refractivity contribution in [3.05, 3.63) is 48.0 Å². The second kappa shape index (κ2) is 14.4. The lowest BCUT2D eigenvalue weighted by atomic mass is 9.96. The molecule has 0 aromatic heterocycles. The van der Waals surface area contributed by atoms with Gasteiger partial charge in [-0.05, 0) is 94.0 Å². The Balaban J connectivity index is 2.00. The summed E-state index contributed by atoms with van der Waals surface area (Å²) in [5.74, 6) is 1.22. The first-order valence-corrected chi connectivity index (χ1v) is 14.0. The van der Waals surface area contributed by atoms with E-state index in [9.17, 15) is 5.11 Å². The number of unbranched alkanes of at least 4 members (excludes halogenated alkanes) is 3. The van der Waals surface area contributed by atoms with Crippen molar-refractivity contribution in [2.45, 2.75) is 91.4 Å². The maximum absolute atomic E-state index is 10.1. The van der Waals surface area contributed by atoms with Crippen LogP contribution in [0.2, 0.25) is 6.04 Å². The second-order valence-electron chi connectivity index (χ2n) is 8.97. The van der Waals surface area contributed by atoms with Gasteiger partial charge in [-0.3, -0.25) is 0 Å². The summed E-state index contributed by atoms with van der Waals surface area (Å²) in [5, 5.41) is 10.1. The molecule has 0 aliphatic carbocycles. The summed E-state index contributed by atoms with van der Waals surface area (Å²) >= 11 is 0. The minimum Gasteiger partial charge on any atom is -0.508 e. The third-order valence-corrected chi connectivity index (χ3v) is 7.83.